The molecule has 0 amide bonds. The van der Waals surface area contributed by atoms with Crippen molar-refractivity contribution in [2.24, 2.45) is 0 Å². The van der Waals surface area contributed by atoms with Gasteiger partial charge in [-0.2, -0.15) is 0 Å². The fourth-order valence-corrected chi connectivity index (χ4v) is 3.68. The average molecular weight is 369 g/mol. The number of pyridine rings is 1. The number of aryl methyl sites for hydroxylation is 1. The van der Waals surface area contributed by atoms with Gasteiger partial charge in [0, 0.05) is 24.7 Å². The molecule has 0 aliphatic carbocycles. The number of ether oxygens (including phenoxy) is 2. The van der Waals surface area contributed by atoms with E-state index < -0.39 is 0 Å². The molecule has 0 N–H and O–H groups in total. The van der Waals surface area contributed by atoms with Crippen LogP contribution in [0.3, 0.4) is 0 Å². The highest BCUT2D eigenvalue weighted by Crippen LogP contribution is 2.26. The topological polar surface area (TPSA) is 39.5 Å². The Kier molecular flexibility index (Phi) is 5.15. The highest BCUT2D eigenvalue weighted by molar-refractivity contribution is 7.78. The largest absolute Gasteiger partial charge is 0.374 e. The lowest BCUT2D eigenvalue weighted by atomic mass is 10.2. The van der Waals surface area contributed by atoms with Gasteiger partial charge in [-0.15, -0.1) is 0 Å². The molecular weight excluding hydrogens is 346 g/mol. The fourth-order valence-electron chi connectivity index (χ4n) is 3.34. The Bertz CT molecular complexity index is 881. The van der Waals surface area contributed by atoms with Gasteiger partial charge in [-0.05, 0) is 24.1 Å². The second kappa shape index (κ2) is 7.70. The van der Waals surface area contributed by atoms with E-state index in [-0.39, 0.29) is 6.10 Å². The van der Waals surface area contributed by atoms with Gasteiger partial charge in [0.05, 0.1) is 37.8 Å². The molecule has 1 aliphatic heterocycles. The normalized spacial score (nSPS) is 17.8. The maximum atomic E-state index is 5.88. The molecular formula is C20H23N3O2S. The van der Waals surface area contributed by atoms with Crippen LogP contribution in [0.15, 0.2) is 48.8 Å². The lowest BCUT2D eigenvalue weighted by Crippen LogP contribution is -2.44. The first-order valence-corrected chi connectivity index (χ1v) is 9.26. The van der Waals surface area contributed by atoms with Crippen molar-refractivity contribution in [3.05, 3.63) is 59.9 Å². The zero-order valence-corrected chi connectivity index (χ0v) is 15.7. The van der Waals surface area contributed by atoms with E-state index in [0.717, 1.165) is 29.8 Å². The summed E-state index contributed by atoms with van der Waals surface area (Å²) in [5.74, 6) is 0. The maximum Gasteiger partial charge on any atom is 0.150 e. The first-order valence-electron chi connectivity index (χ1n) is 8.86. The second-order valence-corrected chi connectivity index (χ2v) is 7.09. The molecule has 1 unspecified atom stereocenters. The first kappa shape index (κ1) is 17.4. The van der Waals surface area contributed by atoms with Crippen molar-refractivity contribution < 1.29 is 9.47 Å². The molecule has 1 atom stereocenters. The molecule has 1 saturated heterocycles. The third-order valence-corrected chi connectivity index (χ3v) is 5.03. The number of fused-ring (bicyclic) bond motifs is 1. The lowest BCUT2D eigenvalue weighted by molar-refractivity contribution is -0.0283. The SMILES string of the molecule is Cc1cn(S)c2ncc(N3CCOC(COCc4ccccc4)C3)cc12. The first-order chi connectivity index (χ1) is 12.7. The summed E-state index contributed by atoms with van der Waals surface area (Å²) >= 11 is 4.42. The van der Waals surface area contributed by atoms with Crippen molar-refractivity contribution in [3.63, 3.8) is 0 Å². The predicted octanol–water partition coefficient (Wildman–Crippen LogP) is 3.46. The minimum Gasteiger partial charge on any atom is -0.374 e. The van der Waals surface area contributed by atoms with Crippen LogP contribution in [0.4, 0.5) is 5.69 Å². The Labute approximate surface area is 159 Å². The van der Waals surface area contributed by atoms with E-state index in [4.69, 9.17) is 9.47 Å². The van der Waals surface area contributed by atoms with Gasteiger partial charge in [0.25, 0.3) is 0 Å². The summed E-state index contributed by atoms with van der Waals surface area (Å²) < 4.78 is 13.5. The minimum atomic E-state index is 0.0683. The van der Waals surface area contributed by atoms with Crippen LogP contribution in [-0.2, 0) is 16.1 Å². The molecule has 0 spiro atoms. The molecule has 0 radical (unpaired) electrons. The van der Waals surface area contributed by atoms with Crippen molar-refractivity contribution in [2.45, 2.75) is 19.6 Å². The van der Waals surface area contributed by atoms with Crippen LogP contribution in [0.2, 0.25) is 0 Å². The molecule has 0 bridgehead atoms. The van der Waals surface area contributed by atoms with Crippen LogP contribution in [0.25, 0.3) is 11.0 Å². The van der Waals surface area contributed by atoms with E-state index in [1.807, 2.05) is 30.6 Å². The van der Waals surface area contributed by atoms with Crippen molar-refractivity contribution in [2.75, 3.05) is 31.2 Å². The van der Waals surface area contributed by atoms with E-state index in [1.165, 1.54) is 11.1 Å². The Balaban J connectivity index is 1.39. The molecule has 2 aromatic heterocycles. The predicted molar refractivity (Wildman–Crippen MR) is 107 cm³/mol. The van der Waals surface area contributed by atoms with Crippen LogP contribution in [0, 0.1) is 6.92 Å². The third-order valence-electron chi connectivity index (χ3n) is 4.73. The summed E-state index contributed by atoms with van der Waals surface area (Å²) in [6.07, 6.45) is 3.98. The summed E-state index contributed by atoms with van der Waals surface area (Å²) in [5.41, 5.74) is 4.38. The molecule has 1 fully saturated rings. The molecule has 26 heavy (non-hydrogen) atoms. The van der Waals surface area contributed by atoms with Gasteiger partial charge in [0.15, 0.2) is 0 Å². The fraction of sp³-hybridized carbons (Fsp3) is 0.350. The minimum absolute atomic E-state index is 0.0683. The summed E-state index contributed by atoms with van der Waals surface area (Å²) in [6, 6.07) is 12.4. The number of hydrogen-bond donors (Lipinski definition) is 1. The number of rotatable bonds is 5. The van der Waals surface area contributed by atoms with E-state index in [0.29, 0.717) is 19.8 Å². The van der Waals surface area contributed by atoms with Gasteiger partial charge in [-0.25, -0.2) is 4.98 Å². The number of benzene rings is 1. The zero-order valence-electron chi connectivity index (χ0n) is 14.8. The molecule has 0 saturated carbocycles. The number of aromatic nitrogens is 2. The smallest absolute Gasteiger partial charge is 0.150 e. The Morgan fingerprint density at radius 3 is 3.00 bits per heavy atom. The highest BCUT2D eigenvalue weighted by Gasteiger charge is 2.22. The van der Waals surface area contributed by atoms with Crippen molar-refractivity contribution in [3.8, 4) is 0 Å². The van der Waals surface area contributed by atoms with Crippen molar-refractivity contribution in [1.29, 1.82) is 0 Å². The monoisotopic (exact) mass is 369 g/mol. The standard InChI is InChI=1S/C20H23N3O2S/c1-15-11-23(26)20-19(15)9-17(10-21-20)22-7-8-25-18(12-22)14-24-13-16-5-3-2-4-6-16/h2-6,9-11,18,26H,7-8,12-14H2,1H3. The molecule has 3 aromatic rings. The molecule has 6 heteroatoms. The number of nitrogens with zero attached hydrogens (tertiary/aromatic N) is 3. The van der Waals surface area contributed by atoms with Crippen LogP contribution < -0.4 is 4.90 Å². The third kappa shape index (κ3) is 3.72. The van der Waals surface area contributed by atoms with Crippen molar-refractivity contribution >= 4 is 29.5 Å². The van der Waals surface area contributed by atoms with Crippen LogP contribution in [-0.4, -0.2) is 41.4 Å². The molecule has 5 nitrogen and oxygen atoms in total. The maximum absolute atomic E-state index is 5.88. The number of anilines is 1. The van der Waals surface area contributed by atoms with Gasteiger partial charge in [-0.3, -0.25) is 3.97 Å². The molecule has 1 aliphatic rings. The Hall–Kier alpha value is -2.02. The highest BCUT2D eigenvalue weighted by atomic mass is 32.1. The van der Waals surface area contributed by atoms with Crippen molar-refractivity contribution in [1.82, 2.24) is 8.96 Å². The van der Waals surface area contributed by atoms with Gasteiger partial charge in [0.1, 0.15) is 5.65 Å². The zero-order chi connectivity index (χ0) is 17.9. The molecule has 4 rings (SSSR count). The second-order valence-electron chi connectivity index (χ2n) is 6.66. The summed E-state index contributed by atoms with van der Waals surface area (Å²) in [4.78, 5) is 6.90. The van der Waals surface area contributed by atoms with Gasteiger partial charge in [-0.1, -0.05) is 43.1 Å². The number of hydrogen-bond acceptors (Lipinski definition) is 5. The summed E-state index contributed by atoms with van der Waals surface area (Å²) in [5, 5.41) is 1.14. The average Bonchev–Trinajstić information content (AvgIpc) is 2.96. The Morgan fingerprint density at radius 2 is 2.15 bits per heavy atom. The Morgan fingerprint density at radius 1 is 1.31 bits per heavy atom. The van der Waals surface area contributed by atoms with E-state index in [1.54, 1.807) is 3.97 Å². The molecule has 136 valence electrons. The van der Waals surface area contributed by atoms with Gasteiger partial charge >= 0.3 is 0 Å². The van der Waals surface area contributed by atoms with Gasteiger partial charge < -0.3 is 14.4 Å². The summed E-state index contributed by atoms with van der Waals surface area (Å²) in [7, 11) is 0. The van der Waals surface area contributed by atoms with Crippen LogP contribution in [0.5, 0.6) is 0 Å². The quantitative estimate of drug-likeness (QED) is 0.699. The van der Waals surface area contributed by atoms with Crippen LogP contribution >= 0.6 is 12.8 Å². The molecule has 1 aromatic carbocycles. The number of morpholine rings is 1. The molecule has 3 heterocycles. The van der Waals surface area contributed by atoms with Crippen LogP contribution in [0.1, 0.15) is 11.1 Å². The van der Waals surface area contributed by atoms with E-state index >= 15 is 0 Å². The van der Waals surface area contributed by atoms with E-state index in [2.05, 4.69) is 47.8 Å². The lowest BCUT2D eigenvalue weighted by Gasteiger charge is -2.34. The summed E-state index contributed by atoms with van der Waals surface area (Å²) in [6.45, 7) is 5.66. The number of thiol groups is 1. The van der Waals surface area contributed by atoms with Gasteiger partial charge in [0.2, 0.25) is 0 Å². The van der Waals surface area contributed by atoms with E-state index in [9.17, 15) is 0 Å².